The molecule has 1 aromatic carbocycles. The van der Waals surface area contributed by atoms with E-state index in [4.69, 9.17) is 0 Å². The summed E-state index contributed by atoms with van der Waals surface area (Å²) in [5.74, 6) is -0.413. The Morgan fingerprint density at radius 1 is 1.30 bits per heavy atom. The van der Waals surface area contributed by atoms with E-state index in [1.165, 1.54) is 31.4 Å². The second-order valence-electron chi connectivity index (χ2n) is 5.63. The first-order chi connectivity index (χ1) is 9.52. The van der Waals surface area contributed by atoms with E-state index >= 15 is 0 Å². The van der Waals surface area contributed by atoms with Crippen molar-refractivity contribution in [2.24, 2.45) is 0 Å². The highest BCUT2D eigenvalue weighted by Crippen LogP contribution is 2.35. The number of amides is 1. The van der Waals surface area contributed by atoms with Crippen LogP contribution in [0.1, 0.15) is 19.3 Å². The van der Waals surface area contributed by atoms with E-state index in [1.807, 2.05) is 0 Å². The second kappa shape index (κ2) is 6.33. The molecule has 5 heteroatoms. The van der Waals surface area contributed by atoms with E-state index < -0.39 is 0 Å². The molecule has 1 aliphatic rings. The number of hydrogen-bond donors (Lipinski definition) is 2. The van der Waals surface area contributed by atoms with Crippen LogP contribution < -0.4 is 10.6 Å². The van der Waals surface area contributed by atoms with Gasteiger partial charge in [-0.1, -0.05) is 0 Å². The fourth-order valence-corrected chi connectivity index (χ4v) is 2.51. The van der Waals surface area contributed by atoms with Crippen molar-refractivity contribution < 1.29 is 9.18 Å². The maximum Gasteiger partial charge on any atom is 0.238 e. The summed E-state index contributed by atoms with van der Waals surface area (Å²) in [7, 11) is 4.17. The normalized spacial score (nSPS) is 16.8. The molecule has 0 saturated heterocycles. The molecule has 0 unspecified atom stereocenters. The summed E-state index contributed by atoms with van der Waals surface area (Å²) in [6, 6.07) is 5.78. The van der Waals surface area contributed by atoms with Gasteiger partial charge in [0.1, 0.15) is 5.82 Å². The maximum absolute atomic E-state index is 12.7. The van der Waals surface area contributed by atoms with Gasteiger partial charge in [0, 0.05) is 17.8 Å². The van der Waals surface area contributed by atoms with Gasteiger partial charge in [0.05, 0.1) is 6.54 Å². The van der Waals surface area contributed by atoms with Gasteiger partial charge in [0.25, 0.3) is 0 Å². The molecule has 0 radical (unpaired) electrons. The number of nitrogens with zero attached hydrogens (tertiary/aromatic N) is 1. The molecular weight excluding hydrogens is 257 g/mol. The summed E-state index contributed by atoms with van der Waals surface area (Å²) in [6.07, 6.45) is 3.60. The Kier molecular flexibility index (Phi) is 4.73. The van der Waals surface area contributed by atoms with Gasteiger partial charge < -0.3 is 15.5 Å². The van der Waals surface area contributed by atoms with Crippen molar-refractivity contribution in [3.05, 3.63) is 30.1 Å². The summed E-state index contributed by atoms with van der Waals surface area (Å²) in [6.45, 7) is 1.09. The zero-order valence-corrected chi connectivity index (χ0v) is 12.1. The number of hydrogen-bond acceptors (Lipinski definition) is 3. The minimum atomic E-state index is -0.306. The first kappa shape index (κ1) is 14.9. The van der Waals surface area contributed by atoms with Crippen LogP contribution in [0.5, 0.6) is 0 Å². The summed E-state index contributed by atoms with van der Waals surface area (Å²) in [5.41, 5.74) is 0.819. The highest BCUT2D eigenvalue weighted by molar-refractivity contribution is 5.92. The number of benzene rings is 1. The molecule has 110 valence electrons. The smallest absolute Gasteiger partial charge is 0.238 e. The molecule has 1 fully saturated rings. The van der Waals surface area contributed by atoms with Gasteiger partial charge in [-0.3, -0.25) is 4.79 Å². The number of anilines is 1. The molecule has 0 heterocycles. The fourth-order valence-electron chi connectivity index (χ4n) is 2.51. The quantitative estimate of drug-likeness (QED) is 0.835. The van der Waals surface area contributed by atoms with Crippen LogP contribution in [-0.4, -0.2) is 43.5 Å². The molecule has 20 heavy (non-hydrogen) atoms. The van der Waals surface area contributed by atoms with E-state index in [2.05, 4.69) is 29.6 Å². The van der Waals surface area contributed by atoms with Crippen LogP contribution in [0.3, 0.4) is 0 Å². The third-order valence-corrected chi connectivity index (χ3v) is 4.10. The second-order valence-corrected chi connectivity index (χ2v) is 5.63. The Morgan fingerprint density at radius 3 is 2.45 bits per heavy atom. The average Bonchev–Trinajstić information content (AvgIpc) is 2.35. The van der Waals surface area contributed by atoms with Gasteiger partial charge in [-0.25, -0.2) is 4.39 Å². The Balaban J connectivity index is 1.74. The van der Waals surface area contributed by atoms with E-state index in [9.17, 15) is 9.18 Å². The minimum absolute atomic E-state index is 0.107. The molecule has 1 amide bonds. The lowest BCUT2D eigenvalue weighted by Gasteiger charge is -2.47. The fraction of sp³-hybridized carbons (Fsp3) is 0.533. The summed E-state index contributed by atoms with van der Waals surface area (Å²) >= 11 is 0. The predicted octanol–water partition coefficient (Wildman–Crippen LogP) is 1.84. The first-order valence-corrected chi connectivity index (χ1v) is 6.95. The van der Waals surface area contributed by atoms with Gasteiger partial charge in [0.15, 0.2) is 0 Å². The predicted molar refractivity (Wildman–Crippen MR) is 78.2 cm³/mol. The van der Waals surface area contributed by atoms with Crippen molar-refractivity contribution >= 4 is 11.6 Å². The monoisotopic (exact) mass is 279 g/mol. The van der Waals surface area contributed by atoms with Gasteiger partial charge in [-0.05, 0) is 57.6 Å². The first-order valence-electron chi connectivity index (χ1n) is 6.95. The Morgan fingerprint density at radius 2 is 1.95 bits per heavy atom. The summed E-state index contributed by atoms with van der Waals surface area (Å²) < 4.78 is 12.7. The lowest BCUT2D eigenvalue weighted by Crippen LogP contribution is -2.57. The van der Waals surface area contributed by atoms with Crippen LogP contribution in [0.15, 0.2) is 24.3 Å². The van der Waals surface area contributed by atoms with E-state index in [1.54, 1.807) is 12.1 Å². The van der Waals surface area contributed by atoms with Crippen LogP contribution in [0, 0.1) is 5.82 Å². The number of carbonyl (C=O) groups excluding carboxylic acids is 1. The molecule has 0 spiro atoms. The van der Waals surface area contributed by atoms with Crippen LogP contribution in [0.2, 0.25) is 0 Å². The largest absolute Gasteiger partial charge is 0.325 e. The van der Waals surface area contributed by atoms with Crippen LogP contribution in [-0.2, 0) is 4.79 Å². The third-order valence-electron chi connectivity index (χ3n) is 4.10. The van der Waals surface area contributed by atoms with E-state index in [-0.39, 0.29) is 23.8 Å². The highest BCUT2D eigenvalue weighted by Gasteiger charge is 2.38. The molecule has 2 rings (SSSR count). The third kappa shape index (κ3) is 3.55. The molecule has 1 saturated carbocycles. The number of carbonyl (C=O) groups is 1. The Bertz CT molecular complexity index is 455. The number of halogens is 1. The van der Waals surface area contributed by atoms with Crippen molar-refractivity contribution in [1.82, 2.24) is 10.2 Å². The molecule has 1 aliphatic carbocycles. The molecule has 4 nitrogen and oxygen atoms in total. The van der Waals surface area contributed by atoms with Crippen molar-refractivity contribution in [3.8, 4) is 0 Å². The van der Waals surface area contributed by atoms with E-state index in [0.29, 0.717) is 5.69 Å². The van der Waals surface area contributed by atoms with Crippen LogP contribution >= 0.6 is 0 Å². The van der Waals surface area contributed by atoms with Gasteiger partial charge in [-0.2, -0.15) is 0 Å². The van der Waals surface area contributed by atoms with Crippen molar-refractivity contribution in [2.45, 2.75) is 24.8 Å². The molecule has 0 aromatic heterocycles. The standard InChI is InChI=1S/C15H22FN3O/c1-19(2)15(8-3-9-15)11-17-10-14(20)18-13-6-4-12(16)5-7-13/h4-7,17H,3,8-11H2,1-2H3,(H,18,20). The summed E-state index contributed by atoms with van der Waals surface area (Å²) in [5, 5.41) is 5.95. The van der Waals surface area contributed by atoms with Gasteiger partial charge in [0.2, 0.25) is 5.91 Å². The molecule has 2 N–H and O–H groups in total. The zero-order valence-electron chi connectivity index (χ0n) is 12.1. The van der Waals surface area contributed by atoms with E-state index in [0.717, 1.165) is 6.54 Å². The van der Waals surface area contributed by atoms with Crippen molar-refractivity contribution in [3.63, 3.8) is 0 Å². The van der Waals surface area contributed by atoms with Crippen molar-refractivity contribution in [1.29, 1.82) is 0 Å². The maximum atomic E-state index is 12.7. The molecule has 0 aliphatic heterocycles. The van der Waals surface area contributed by atoms with Gasteiger partial charge >= 0.3 is 0 Å². The van der Waals surface area contributed by atoms with Crippen molar-refractivity contribution in [2.75, 3.05) is 32.5 Å². The average molecular weight is 279 g/mol. The Labute approximate surface area is 119 Å². The van der Waals surface area contributed by atoms with Crippen LogP contribution in [0.4, 0.5) is 10.1 Å². The molecule has 0 atom stereocenters. The Hall–Kier alpha value is -1.46. The highest BCUT2D eigenvalue weighted by atomic mass is 19.1. The molecule has 0 bridgehead atoms. The lowest BCUT2D eigenvalue weighted by molar-refractivity contribution is -0.115. The summed E-state index contributed by atoms with van der Waals surface area (Å²) in [4.78, 5) is 14.0. The zero-order chi connectivity index (χ0) is 14.6. The minimum Gasteiger partial charge on any atom is -0.325 e. The topological polar surface area (TPSA) is 44.4 Å². The number of nitrogens with one attached hydrogen (secondary N) is 2. The van der Waals surface area contributed by atoms with Crippen LogP contribution in [0.25, 0.3) is 0 Å². The molecule has 1 aromatic rings. The number of rotatable bonds is 6. The lowest BCUT2D eigenvalue weighted by atomic mass is 9.75. The molecular formula is C15H22FN3O. The van der Waals surface area contributed by atoms with Gasteiger partial charge in [-0.15, -0.1) is 0 Å². The number of likely N-dealkylation sites (N-methyl/N-ethyl adjacent to an activating group) is 1. The SMILES string of the molecule is CN(C)C1(CNCC(=O)Nc2ccc(F)cc2)CCC1.